The molecule has 0 nitrogen and oxygen atoms in total. The third-order valence-electron chi connectivity index (χ3n) is 0. The second-order valence-corrected chi connectivity index (χ2v) is 0. The van der Waals surface area contributed by atoms with Gasteiger partial charge in [0.25, 0.3) is 0 Å². The summed E-state index contributed by atoms with van der Waals surface area (Å²) in [6.07, 6.45) is 0. The van der Waals surface area contributed by atoms with Crippen LogP contribution in [-0.2, 0) is 67.7 Å². The molecule has 0 aliphatic rings. The van der Waals surface area contributed by atoms with E-state index in [1.807, 2.05) is 0 Å². The van der Waals surface area contributed by atoms with E-state index < -0.39 is 0 Å². The molecule has 0 fully saturated rings. The van der Waals surface area contributed by atoms with Gasteiger partial charge in [-0.3, -0.25) is 0 Å². The van der Waals surface area contributed by atoms with Crippen LogP contribution in [0.3, 0.4) is 0 Å². The molecule has 0 rings (SSSR count). The minimum Gasteiger partial charge on any atom is -0.0149 e. The first-order valence-corrected chi connectivity index (χ1v) is 0. The molecule has 0 aromatic rings. The van der Waals surface area contributed by atoms with Crippen LogP contribution in [0.15, 0.2) is 0 Å². The van der Waals surface area contributed by atoms with Crippen molar-refractivity contribution in [3.05, 3.63) is 0 Å². The molecule has 0 aromatic carbocycles. The number of hydrogen-bond acceptors (Lipinski definition) is 0. The van der Waals surface area contributed by atoms with Gasteiger partial charge in [0.1, 0.15) is 0 Å². The van der Waals surface area contributed by atoms with Crippen LogP contribution in [0.1, 0.15) is 0 Å². The van der Waals surface area contributed by atoms with E-state index in [0.29, 0.717) is 0 Å². The van der Waals surface area contributed by atoms with Gasteiger partial charge < -0.3 is 0 Å². The van der Waals surface area contributed by atoms with Gasteiger partial charge in [-0.25, -0.2) is 0 Å². The number of hydrogen-bond donors (Lipinski definition) is 0. The third-order valence-corrected chi connectivity index (χ3v) is 0. The first kappa shape index (κ1) is 63.3. The van der Waals surface area contributed by atoms with Crippen molar-refractivity contribution in [3.8, 4) is 0 Å². The van der Waals surface area contributed by atoms with Crippen molar-refractivity contribution < 1.29 is 67.7 Å². The molecule has 0 amide bonds. The standard InChI is InChI=1S/2Cr.Mg.2Ni.H4Si.2H/h;;;;;1H4;;. The fraction of sp³-hybridized carbons (Fsp3) is 0. The smallest absolute Gasteiger partial charge is 0.0149 e. The number of rotatable bonds is 0. The molecular weight excluding hydrogens is 274 g/mol. The average molecular weight is 280 g/mol. The van der Waals surface area contributed by atoms with Gasteiger partial charge in [-0.2, -0.15) is 0 Å². The molecule has 44 valence electrons. The quantitative estimate of drug-likeness (QED) is 0.435. The monoisotopic (exact) mass is 278 g/mol. The first-order valence-electron chi connectivity index (χ1n) is 0. The summed E-state index contributed by atoms with van der Waals surface area (Å²) in [4.78, 5) is 0. The van der Waals surface area contributed by atoms with Crippen molar-refractivity contribution in [2.24, 2.45) is 0 Å². The van der Waals surface area contributed by atoms with Crippen molar-refractivity contribution >= 4 is 34.0 Å². The van der Waals surface area contributed by atoms with Crippen LogP contribution in [0.25, 0.3) is 0 Å². The Kier molecular flexibility index (Phi) is 456. The SMILES string of the molecule is [Cr].[Cr].[MgH2].[Ni].[Ni].[SiH4]. The molecule has 0 aliphatic carbocycles. The van der Waals surface area contributed by atoms with Gasteiger partial charge in [0.05, 0.1) is 0 Å². The van der Waals surface area contributed by atoms with Gasteiger partial charge in [-0.1, -0.05) is 0 Å². The maximum absolute atomic E-state index is 0. The predicted molar refractivity (Wildman–Crippen MR) is 19.9 cm³/mol. The normalized spacial score (nSPS) is 0. The largest absolute Gasteiger partial charge is 0.316 e. The zero-order chi connectivity index (χ0) is 0. The fourth-order valence-electron chi connectivity index (χ4n) is 0. The Bertz CT molecular complexity index is 11.5. The van der Waals surface area contributed by atoms with Crippen molar-refractivity contribution in [1.82, 2.24) is 0 Å². The van der Waals surface area contributed by atoms with Crippen molar-refractivity contribution in [3.63, 3.8) is 0 Å². The van der Waals surface area contributed by atoms with Crippen molar-refractivity contribution in [2.75, 3.05) is 0 Å². The molecule has 0 bridgehead atoms. The van der Waals surface area contributed by atoms with Crippen LogP contribution in [0.2, 0.25) is 0 Å². The van der Waals surface area contributed by atoms with Crippen molar-refractivity contribution in [2.45, 2.75) is 0 Å². The second-order valence-electron chi connectivity index (χ2n) is 0. The molecule has 0 heterocycles. The maximum Gasteiger partial charge on any atom is 0.316 e. The summed E-state index contributed by atoms with van der Waals surface area (Å²) in [5, 5.41) is 0. The molecule has 0 radical (unpaired) electrons. The van der Waals surface area contributed by atoms with Crippen LogP contribution < -0.4 is 0 Å². The molecule has 0 N–H and O–H groups in total. The molecule has 0 aliphatic heterocycles. The summed E-state index contributed by atoms with van der Waals surface area (Å²) < 4.78 is 0. The van der Waals surface area contributed by atoms with Crippen LogP contribution in [0.5, 0.6) is 0 Å². The Hall–Kier alpha value is 3.04. The summed E-state index contributed by atoms with van der Waals surface area (Å²) in [5.74, 6) is 0. The molecule has 0 unspecified atom stereocenters. The van der Waals surface area contributed by atoms with E-state index >= 15 is 0 Å². The van der Waals surface area contributed by atoms with Crippen LogP contribution in [-0.4, -0.2) is 34.0 Å². The van der Waals surface area contributed by atoms with E-state index in [-0.39, 0.29) is 102 Å². The summed E-state index contributed by atoms with van der Waals surface area (Å²) in [6, 6.07) is 0. The first-order chi connectivity index (χ1) is 0. The summed E-state index contributed by atoms with van der Waals surface area (Å²) >= 11 is 0. The minimum absolute atomic E-state index is 0. The van der Waals surface area contributed by atoms with E-state index in [1.54, 1.807) is 0 Å². The summed E-state index contributed by atoms with van der Waals surface area (Å²) in [7, 11) is 0. The van der Waals surface area contributed by atoms with E-state index in [2.05, 4.69) is 0 Å². The second kappa shape index (κ2) is 43.2. The van der Waals surface area contributed by atoms with Crippen molar-refractivity contribution in [1.29, 1.82) is 0 Å². The Morgan fingerprint density at radius 1 is 0.667 bits per heavy atom. The molecule has 0 aromatic heterocycles. The fourth-order valence-corrected chi connectivity index (χ4v) is 0. The average Bonchev–Trinajstić information content (AvgIpc) is 0. The van der Waals surface area contributed by atoms with E-state index in [0.717, 1.165) is 0 Å². The van der Waals surface area contributed by atoms with Gasteiger partial charge in [0.15, 0.2) is 0 Å². The zero-order valence-electron chi connectivity index (χ0n) is 1.45. The molecule has 6 heteroatoms. The Labute approximate surface area is 100 Å². The molecule has 0 saturated heterocycles. The predicted octanol–water partition coefficient (Wildman–Crippen LogP) is -2.38. The van der Waals surface area contributed by atoms with Gasteiger partial charge in [0.2, 0.25) is 0 Å². The zero-order valence-corrected chi connectivity index (χ0v) is 5.97. The molecule has 6 heavy (non-hydrogen) atoms. The summed E-state index contributed by atoms with van der Waals surface area (Å²) in [5.41, 5.74) is 0. The van der Waals surface area contributed by atoms with E-state index in [4.69, 9.17) is 0 Å². The third kappa shape index (κ3) is 27.8. The topological polar surface area (TPSA) is 0 Å². The molecular formula is H6Cr2MgNi2Si. The van der Waals surface area contributed by atoms with Gasteiger partial charge in [0, 0.05) is 67.7 Å². The van der Waals surface area contributed by atoms with Gasteiger partial charge in [-0.05, 0) is 11.0 Å². The Balaban J connectivity index is 0. The maximum atomic E-state index is 0. The summed E-state index contributed by atoms with van der Waals surface area (Å²) in [6.45, 7) is 0. The van der Waals surface area contributed by atoms with E-state index in [1.165, 1.54) is 0 Å². The van der Waals surface area contributed by atoms with Gasteiger partial charge >= 0.3 is 23.1 Å². The Morgan fingerprint density at radius 3 is 0.667 bits per heavy atom. The van der Waals surface area contributed by atoms with Crippen LogP contribution >= 0.6 is 0 Å². The minimum atomic E-state index is 0. The van der Waals surface area contributed by atoms with Crippen LogP contribution in [0.4, 0.5) is 0 Å². The molecule has 0 spiro atoms. The van der Waals surface area contributed by atoms with Crippen LogP contribution in [0, 0.1) is 0 Å². The van der Waals surface area contributed by atoms with Gasteiger partial charge in [-0.15, -0.1) is 0 Å². The molecule has 0 saturated carbocycles. The van der Waals surface area contributed by atoms with E-state index in [9.17, 15) is 0 Å². The molecule has 0 atom stereocenters. The Morgan fingerprint density at radius 2 is 0.667 bits per heavy atom.